The van der Waals surface area contributed by atoms with Crippen molar-refractivity contribution < 1.29 is 4.79 Å². The highest BCUT2D eigenvalue weighted by atomic mass is 16.2. The van der Waals surface area contributed by atoms with E-state index in [1.807, 2.05) is 25.2 Å². The monoisotopic (exact) mass is 374 g/mol. The molecule has 0 saturated carbocycles. The first-order valence-electron chi connectivity index (χ1n) is 9.38. The van der Waals surface area contributed by atoms with Crippen LogP contribution in [0.1, 0.15) is 32.6 Å². The topological polar surface area (TPSA) is 58.1 Å². The number of aromatic nitrogens is 2. The van der Waals surface area contributed by atoms with E-state index in [4.69, 9.17) is 0 Å². The van der Waals surface area contributed by atoms with Gasteiger partial charge in [-0.2, -0.15) is 0 Å². The van der Waals surface area contributed by atoms with Crippen molar-refractivity contribution in [3.05, 3.63) is 82.9 Å². The normalized spacial score (nSPS) is 10.6. The molecule has 0 aliphatic heterocycles. The molecular formula is C23H26N4O. The fourth-order valence-corrected chi connectivity index (χ4v) is 3.31. The maximum absolute atomic E-state index is 12.8. The van der Waals surface area contributed by atoms with Crippen molar-refractivity contribution in [2.75, 3.05) is 18.9 Å². The Labute approximate surface area is 166 Å². The predicted octanol–water partition coefficient (Wildman–Crippen LogP) is 4.46. The summed E-state index contributed by atoms with van der Waals surface area (Å²) in [5, 5.41) is 3.42. The Balaban J connectivity index is 1.71. The molecule has 0 aliphatic carbocycles. The number of hydrogen-bond acceptors (Lipinski definition) is 4. The quantitative estimate of drug-likeness (QED) is 0.692. The lowest BCUT2D eigenvalue weighted by Crippen LogP contribution is -2.29. The van der Waals surface area contributed by atoms with Crippen LogP contribution in [0.4, 0.5) is 11.4 Å². The number of rotatable bonds is 6. The Morgan fingerprint density at radius 3 is 2.36 bits per heavy atom. The number of carbonyl (C=O) groups is 1. The van der Waals surface area contributed by atoms with Crippen LogP contribution in [0, 0.1) is 20.8 Å². The average Bonchev–Trinajstić information content (AvgIpc) is 2.69. The third-order valence-electron chi connectivity index (χ3n) is 4.76. The Kier molecular flexibility index (Phi) is 6.04. The minimum Gasteiger partial charge on any atom is -0.354 e. The smallest absolute Gasteiger partial charge is 0.255 e. The summed E-state index contributed by atoms with van der Waals surface area (Å²) in [5.41, 5.74) is 7.18. The van der Waals surface area contributed by atoms with Gasteiger partial charge < -0.3 is 10.2 Å². The molecule has 5 heteroatoms. The highest BCUT2D eigenvalue weighted by Crippen LogP contribution is 2.26. The molecular weight excluding hydrogens is 348 g/mol. The van der Waals surface area contributed by atoms with E-state index < -0.39 is 0 Å². The Hall–Kier alpha value is -3.21. The van der Waals surface area contributed by atoms with E-state index in [1.54, 1.807) is 29.7 Å². The van der Waals surface area contributed by atoms with Crippen molar-refractivity contribution >= 4 is 17.3 Å². The molecule has 3 rings (SSSR count). The minimum atomic E-state index is -0.0393. The van der Waals surface area contributed by atoms with Crippen molar-refractivity contribution in [1.29, 1.82) is 0 Å². The van der Waals surface area contributed by atoms with Gasteiger partial charge in [0.15, 0.2) is 0 Å². The zero-order chi connectivity index (χ0) is 20.1. The first-order chi connectivity index (χ1) is 13.4. The molecule has 28 heavy (non-hydrogen) atoms. The van der Waals surface area contributed by atoms with Gasteiger partial charge in [0, 0.05) is 37.9 Å². The third kappa shape index (κ3) is 4.74. The molecule has 5 nitrogen and oxygen atoms in total. The standard InChI is InChI=1S/C23H26N4O/c1-16-11-17(2)22(18(3)12-16)26-21-13-20(14-25-15-21)23(28)27(4)10-7-19-5-8-24-9-6-19/h5-6,8-9,11-15,26H,7,10H2,1-4H3. The summed E-state index contributed by atoms with van der Waals surface area (Å²) >= 11 is 0. The van der Waals surface area contributed by atoms with E-state index in [2.05, 4.69) is 48.2 Å². The van der Waals surface area contributed by atoms with E-state index in [0.717, 1.165) is 23.4 Å². The SMILES string of the molecule is Cc1cc(C)c(Nc2cncc(C(=O)N(C)CCc3ccncc3)c2)c(C)c1. The van der Waals surface area contributed by atoms with Crippen molar-refractivity contribution in [3.8, 4) is 0 Å². The average molecular weight is 374 g/mol. The summed E-state index contributed by atoms with van der Waals surface area (Å²) in [4.78, 5) is 22.8. The van der Waals surface area contributed by atoms with Gasteiger partial charge in [0.05, 0.1) is 17.4 Å². The van der Waals surface area contributed by atoms with Gasteiger partial charge in [0.25, 0.3) is 5.91 Å². The second kappa shape index (κ2) is 8.65. The first kappa shape index (κ1) is 19.5. The zero-order valence-corrected chi connectivity index (χ0v) is 16.9. The third-order valence-corrected chi connectivity index (χ3v) is 4.76. The molecule has 1 N–H and O–H groups in total. The molecule has 144 valence electrons. The largest absolute Gasteiger partial charge is 0.354 e. The Bertz CT molecular complexity index is 946. The van der Waals surface area contributed by atoms with Gasteiger partial charge in [0.1, 0.15) is 0 Å². The van der Waals surface area contributed by atoms with Gasteiger partial charge in [-0.05, 0) is 62.1 Å². The van der Waals surface area contributed by atoms with Gasteiger partial charge in [0.2, 0.25) is 0 Å². The van der Waals surface area contributed by atoms with Crippen molar-refractivity contribution in [3.63, 3.8) is 0 Å². The molecule has 0 fully saturated rings. The lowest BCUT2D eigenvalue weighted by molar-refractivity contribution is 0.0796. The summed E-state index contributed by atoms with van der Waals surface area (Å²) in [6.07, 6.45) is 7.69. The maximum Gasteiger partial charge on any atom is 0.255 e. The van der Waals surface area contributed by atoms with Crippen LogP contribution in [0.15, 0.2) is 55.1 Å². The summed E-state index contributed by atoms with van der Waals surface area (Å²) in [7, 11) is 1.82. The number of likely N-dealkylation sites (N-methyl/N-ethyl adjacent to an activating group) is 1. The van der Waals surface area contributed by atoms with Gasteiger partial charge in [-0.15, -0.1) is 0 Å². The number of carbonyl (C=O) groups excluding carboxylic acids is 1. The lowest BCUT2D eigenvalue weighted by atomic mass is 10.0. The van der Waals surface area contributed by atoms with Crippen molar-refractivity contribution in [2.45, 2.75) is 27.2 Å². The molecule has 2 heterocycles. The van der Waals surface area contributed by atoms with Crippen LogP contribution in [0.2, 0.25) is 0 Å². The molecule has 0 radical (unpaired) electrons. The van der Waals surface area contributed by atoms with Gasteiger partial charge in [-0.1, -0.05) is 17.7 Å². The number of nitrogens with zero attached hydrogens (tertiary/aromatic N) is 3. The Morgan fingerprint density at radius 1 is 1.00 bits per heavy atom. The molecule has 0 atom stereocenters. The van der Waals surface area contributed by atoms with Gasteiger partial charge in [-0.25, -0.2) is 0 Å². The predicted molar refractivity (Wildman–Crippen MR) is 113 cm³/mol. The molecule has 2 aromatic heterocycles. The van der Waals surface area contributed by atoms with Crippen LogP contribution >= 0.6 is 0 Å². The molecule has 1 amide bonds. The van der Waals surface area contributed by atoms with Crippen molar-refractivity contribution in [2.24, 2.45) is 0 Å². The fraction of sp³-hybridized carbons (Fsp3) is 0.261. The Morgan fingerprint density at radius 2 is 1.68 bits per heavy atom. The summed E-state index contributed by atoms with van der Waals surface area (Å²) in [5.74, 6) is -0.0393. The minimum absolute atomic E-state index is 0.0393. The van der Waals surface area contributed by atoms with E-state index in [0.29, 0.717) is 12.1 Å². The van der Waals surface area contributed by atoms with Crippen molar-refractivity contribution in [1.82, 2.24) is 14.9 Å². The summed E-state index contributed by atoms with van der Waals surface area (Å²) in [6, 6.07) is 10.1. The van der Waals surface area contributed by atoms with Crippen LogP contribution in [0.5, 0.6) is 0 Å². The van der Waals surface area contributed by atoms with Crippen LogP contribution in [0.3, 0.4) is 0 Å². The maximum atomic E-state index is 12.8. The molecule has 0 aliphatic rings. The molecule has 3 aromatic rings. The van der Waals surface area contributed by atoms with Gasteiger partial charge >= 0.3 is 0 Å². The number of benzene rings is 1. The van der Waals surface area contributed by atoms with E-state index >= 15 is 0 Å². The molecule has 0 unspecified atom stereocenters. The number of anilines is 2. The van der Waals surface area contributed by atoms with Crippen LogP contribution in [-0.4, -0.2) is 34.4 Å². The number of aryl methyl sites for hydroxylation is 3. The van der Waals surface area contributed by atoms with E-state index in [-0.39, 0.29) is 5.91 Å². The van der Waals surface area contributed by atoms with E-state index in [9.17, 15) is 4.79 Å². The van der Waals surface area contributed by atoms with Gasteiger partial charge in [-0.3, -0.25) is 14.8 Å². The molecule has 0 saturated heterocycles. The number of nitrogens with one attached hydrogen (secondary N) is 1. The second-order valence-corrected chi connectivity index (χ2v) is 7.19. The van der Waals surface area contributed by atoms with Crippen LogP contribution in [0.25, 0.3) is 0 Å². The number of amides is 1. The lowest BCUT2D eigenvalue weighted by Gasteiger charge is -2.18. The molecule has 0 spiro atoms. The van der Waals surface area contributed by atoms with E-state index in [1.165, 1.54) is 16.7 Å². The zero-order valence-electron chi connectivity index (χ0n) is 16.9. The molecule has 1 aromatic carbocycles. The number of pyridine rings is 2. The molecule has 0 bridgehead atoms. The summed E-state index contributed by atoms with van der Waals surface area (Å²) < 4.78 is 0. The highest BCUT2D eigenvalue weighted by Gasteiger charge is 2.13. The van der Waals surface area contributed by atoms with Crippen LogP contribution < -0.4 is 5.32 Å². The van der Waals surface area contributed by atoms with Crippen LogP contribution in [-0.2, 0) is 6.42 Å². The number of hydrogen-bond donors (Lipinski definition) is 1. The first-order valence-corrected chi connectivity index (χ1v) is 9.38. The highest BCUT2D eigenvalue weighted by molar-refractivity contribution is 5.94. The summed E-state index contributed by atoms with van der Waals surface area (Å²) in [6.45, 7) is 6.89. The fourth-order valence-electron chi connectivity index (χ4n) is 3.31. The second-order valence-electron chi connectivity index (χ2n) is 7.19.